The van der Waals surface area contributed by atoms with Gasteiger partial charge in [-0.3, -0.25) is 4.79 Å². The number of ketones is 1. The molecule has 3 aromatic rings. The van der Waals surface area contributed by atoms with Gasteiger partial charge in [0.05, 0.1) is 20.8 Å². The van der Waals surface area contributed by atoms with Crippen LogP contribution in [0.4, 0.5) is 16.6 Å². The molecule has 7 nitrogen and oxygen atoms in total. The Labute approximate surface area is 167 Å². The van der Waals surface area contributed by atoms with E-state index in [0.717, 1.165) is 5.69 Å². The van der Waals surface area contributed by atoms with Crippen LogP contribution in [-0.4, -0.2) is 31.6 Å². The molecule has 0 saturated heterocycles. The molecule has 28 heavy (non-hydrogen) atoms. The van der Waals surface area contributed by atoms with Crippen LogP contribution in [-0.2, 0) is 0 Å². The second-order valence-corrected chi connectivity index (χ2v) is 6.71. The van der Waals surface area contributed by atoms with Crippen molar-refractivity contribution in [3.63, 3.8) is 0 Å². The van der Waals surface area contributed by atoms with E-state index >= 15 is 0 Å². The molecule has 0 amide bonds. The zero-order chi connectivity index (χ0) is 20.1. The van der Waals surface area contributed by atoms with Gasteiger partial charge < -0.3 is 25.3 Å². The van der Waals surface area contributed by atoms with E-state index in [1.807, 2.05) is 13.0 Å². The summed E-state index contributed by atoms with van der Waals surface area (Å²) in [7, 11) is 3.14. The third kappa shape index (κ3) is 4.17. The average Bonchev–Trinajstić information content (AvgIpc) is 3.08. The third-order valence-electron chi connectivity index (χ3n) is 3.92. The number of methoxy groups -OCH3 is 2. The number of thiazole rings is 1. The lowest BCUT2D eigenvalue weighted by atomic mass is 10.1. The van der Waals surface area contributed by atoms with Crippen LogP contribution in [0.3, 0.4) is 0 Å². The molecule has 2 aromatic carbocycles. The maximum atomic E-state index is 12.8. The highest BCUT2D eigenvalue weighted by atomic mass is 32.1. The molecule has 0 fully saturated rings. The normalized spacial score (nSPS) is 10.4. The second-order valence-electron chi connectivity index (χ2n) is 5.71. The van der Waals surface area contributed by atoms with Crippen LogP contribution in [0.25, 0.3) is 0 Å². The van der Waals surface area contributed by atoms with Crippen molar-refractivity contribution in [3.8, 4) is 17.2 Å². The first-order valence-electron chi connectivity index (χ1n) is 8.58. The van der Waals surface area contributed by atoms with Crippen LogP contribution < -0.4 is 25.3 Å². The number of nitrogens with zero attached hydrogens (tertiary/aromatic N) is 1. The van der Waals surface area contributed by atoms with Crippen molar-refractivity contribution in [2.24, 2.45) is 0 Å². The number of nitrogens with one attached hydrogen (secondary N) is 1. The number of benzene rings is 2. The summed E-state index contributed by atoms with van der Waals surface area (Å²) >= 11 is 1.20. The lowest BCUT2D eigenvalue weighted by molar-refractivity contribution is 0.104. The van der Waals surface area contributed by atoms with E-state index in [9.17, 15) is 4.79 Å². The quantitative estimate of drug-likeness (QED) is 0.550. The van der Waals surface area contributed by atoms with Crippen molar-refractivity contribution in [3.05, 3.63) is 52.9 Å². The summed E-state index contributed by atoms with van der Waals surface area (Å²) in [6, 6.07) is 12.3. The fraction of sp³-hybridized carbons (Fsp3) is 0.200. The Bertz CT molecular complexity index is 970. The van der Waals surface area contributed by atoms with E-state index in [0.29, 0.717) is 39.4 Å². The molecule has 0 radical (unpaired) electrons. The zero-order valence-corrected chi connectivity index (χ0v) is 16.6. The molecular formula is C20H21N3O4S. The summed E-state index contributed by atoms with van der Waals surface area (Å²) in [6.45, 7) is 2.48. The van der Waals surface area contributed by atoms with Gasteiger partial charge in [-0.1, -0.05) is 11.3 Å². The minimum absolute atomic E-state index is 0.182. The molecule has 0 aliphatic rings. The first-order valence-corrected chi connectivity index (χ1v) is 9.40. The minimum atomic E-state index is -0.182. The molecule has 0 spiro atoms. The van der Waals surface area contributed by atoms with Crippen molar-refractivity contribution in [1.29, 1.82) is 0 Å². The number of anilines is 3. The highest BCUT2D eigenvalue weighted by Gasteiger charge is 2.18. The predicted molar refractivity (Wildman–Crippen MR) is 110 cm³/mol. The lowest BCUT2D eigenvalue weighted by Gasteiger charge is -2.09. The number of hydrogen-bond acceptors (Lipinski definition) is 8. The van der Waals surface area contributed by atoms with Gasteiger partial charge in [-0.15, -0.1) is 0 Å². The molecule has 0 unspecified atom stereocenters. The first-order chi connectivity index (χ1) is 13.5. The van der Waals surface area contributed by atoms with Gasteiger partial charge in [0.15, 0.2) is 16.6 Å². The Morgan fingerprint density at radius 1 is 1.11 bits per heavy atom. The highest BCUT2D eigenvalue weighted by Crippen LogP contribution is 2.34. The second kappa shape index (κ2) is 8.62. The maximum Gasteiger partial charge on any atom is 0.206 e. The number of carbonyl (C=O) groups excluding carboxylic acids is 1. The molecule has 3 rings (SSSR count). The van der Waals surface area contributed by atoms with Crippen LogP contribution in [0.2, 0.25) is 0 Å². The van der Waals surface area contributed by atoms with E-state index in [1.165, 1.54) is 11.3 Å². The van der Waals surface area contributed by atoms with Gasteiger partial charge in [0.1, 0.15) is 16.4 Å². The summed E-state index contributed by atoms with van der Waals surface area (Å²) in [4.78, 5) is 17.4. The van der Waals surface area contributed by atoms with E-state index in [4.69, 9.17) is 19.9 Å². The molecule has 0 aliphatic heterocycles. The highest BCUT2D eigenvalue weighted by molar-refractivity contribution is 7.18. The van der Waals surface area contributed by atoms with Crippen LogP contribution in [0.15, 0.2) is 42.5 Å². The standard InChI is InChI=1S/C20H21N3O4S/c1-4-27-14-8-5-12(6-9-14)17(24)18-19(21)23-20(28-18)22-13-7-10-15(25-2)16(11-13)26-3/h5-11H,4,21H2,1-3H3,(H,22,23). The molecule has 0 aliphatic carbocycles. The van der Waals surface area contributed by atoms with Gasteiger partial charge in [-0.2, -0.15) is 0 Å². The van der Waals surface area contributed by atoms with E-state index in [1.54, 1.807) is 50.6 Å². The lowest BCUT2D eigenvalue weighted by Crippen LogP contribution is -2.02. The van der Waals surface area contributed by atoms with Crippen molar-refractivity contribution >= 4 is 33.8 Å². The molecule has 1 aromatic heterocycles. The number of hydrogen-bond donors (Lipinski definition) is 2. The largest absolute Gasteiger partial charge is 0.494 e. The molecule has 146 valence electrons. The number of carbonyl (C=O) groups is 1. The van der Waals surface area contributed by atoms with Gasteiger partial charge >= 0.3 is 0 Å². The average molecular weight is 399 g/mol. The molecular weight excluding hydrogens is 378 g/mol. The van der Waals surface area contributed by atoms with Crippen LogP contribution in [0.5, 0.6) is 17.2 Å². The summed E-state index contributed by atoms with van der Waals surface area (Å²) in [5.41, 5.74) is 7.25. The molecule has 1 heterocycles. The molecule has 3 N–H and O–H groups in total. The van der Waals surface area contributed by atoms with Crippen molar-refractivity contribution in [1.82, 2.24) is 4.98 Å². The topological polar surface area (TPSA) is 95.7 Å². The zero-order valence-electron chi connectivity index (χ0n) is 15.8. The van der Waals surface area contributed by atoms with E-state index < -0.39 is 0 Å². The Balaban J connectivity index is 1.80. The number of aromatic nitrogens is 1. The van der Waals surface area contributed by atoms with Gasteiger partial charge in [0.25, 0.3) is 0 Å². The van der Waals surface area contributed by atoms with Gasteiger partial charge in [-0.05, 0) is 43.3 Å². The number of ether oxygens (including phenoxy) is 3. The summed E-state index contributed by atoms with van der Waals surface area (Å²) in [5, 5.41) is 3.66. The SMILES string of the molecule is CCOc1ccc(C(=O)c2sc(Nc3ccc(OC)c(OC)c3)nc2N)cc1. The van der Waals surface area contributed by atoms with E-state index in [2.05, 4.69) is 10.3 Å². The van der Waals surface area contributed by atoms with Gasteiger partial charge in [0.2, 0.25) is 5.78 Å². The monoisotopic (exact) mass is 399 g/mol. The van der Waals surface area contributed by atoms with Crippen LogP contribution in [0.1, 0.15) is 22.2 Å². The maximum absolute atomic E-state index is 12.8. The fourth-order valence-corrected chi connectivity index (χ4v) is 3.45. The first kappa shape index (κ1) is 19.5. The fourth-order valence-electron chi connectivity index (χ4n) is 2.59. The van der Waals surface area contributed by atoms with Gasteiger partial charge in [0, 0.05) is 17.3 Å². The van der Waals surface area contributed by atoms with Crippen molar-refractivity contribution in [2.75, 3.05) is 31.9 Å². The molecule has 8 heteroatoms. The smallest absolute Gasteiger partial charge is 0.206 e. The Morgan fingerprint density at radius 2 is 1.82 bits per heavy atom. The Hall–Kier alpha value is -3.26. The van der Waals surface area contributed by atoms with Crippen molar-refractivity contribution < 1.29 is 19.0 Å². The third-order valence-corrected chi connectivity index (χ3v) is 4.91. The van der Waals surface area contributed by atoms with Crippen LogP contribution >= 0.6 is 11.3 Å². The molecule has 0 saturated carbocycles. The Morgan fingerprint density at radius 3 is 2.46 bits per heavy atom. The molecule has 0 atom stereocenters. The number of nitrogens with two attached hydrogens (primary N) is 1. The number of nitrogen functional groups attached to an aromatic ring is 1. The summed E-state index contributed by atoms with van der Waals surface area (Å²) < 4.78 is 15.9. The number of rotatable bonds is 8. The summed E-state index contributed by atoms with van der Waals surface area (Å²) in [5.74, 6) is 1.93. The molecule has 0 bridgehead atoms. The summed E-state index contributed by atoms with van der Waals surface area (Å²) in [6.07, 6.45) is 0. The van der Waals surface area contributed by atoms with Crippen molar-refractivity contribution in [2.45, 2.75) is 6.92 Å². The predicted octanol–water partition coefficient (Wildman–Crippen LogP) is 4.12. The van der Waals surface area contributed by atoms with E-state index in [-0.39, 0.29) is 11.6 Å². The Kier molecular flexibility index (Phi) is 6.00. The minimum Gasteiger partial charge on any atom is -0.494 e. The van der Waals surface area contributed by atoms with Gasteiger partial charge in [-0.25, -0.2) is 4.98 Å². The van der Waals surface area contributed by atoms with Crippen LogP contribution in [0, 0.1) is 0 Å².